The molecule has 0 saturated carbocycles. The molecule has 1 atom stereocenters. The Labute approximate surface area is 90.6 Å². The lowest BCUT2D eigenvalue weighted by atomic mass is 10.3. The van der Waals surface area contributed by atoms with E-state index in [9.17, 15) is 0 Å². The summed E-state index contributed by atoms with van der Waals surface area (Å²) in [5.41, 5.74) is 1.97. The summed E-state index contributed by atoms with van der Waals surface area (Å²) in [6.07, 6.45) is 1.86. The van der Waals surface area contributed by atoms with Gasteiger partial charge in [0.05, 0.1) is 25.0 Å². The maximum Gasteiger partial charge on any atom is 0.0893 e. The van der Waals surface area contributed by atoms with E-state index >= 15 is 0 Å². The molecule has 0 aliphatic heterocycles. The topological polar surface area (TPSA) is 43.4 Å². The Morgan fingerprint density at radius 2 is 2.33 bits per heavy atom. The summed E-state index contributed by atoms with van der Waals surface area (Å²) in [6, 6.07) is 3.89. The van der Waals surface area contributed by atoms with E-state index in [1.165, 1.54) is 0 Å². The summed E-state index contributed by atoms with van der Waals surface area (Å²) < 4.78 is 10.5. The minimum Gasteiger partial charge on any atom is -0.388 e. The molecule has 0 spiro atoms. The van der Waals surface area contributed by atoms with Crippen molar-refractivity contribution in [3.8, 4) is 0 Å². The predicted molar refractivity (Wildman–Crippen MR) is 59.9 cm³/mol. The molecule has 0 aromatic carbocycles. The van der Waals surface area contributed by atoms with Crippen LogP contribution >= 0.6 is 0 Å². The SMILES string of the molecule is CNc1ccnc(COC(C)COC)c1. The molecular weight excluding hydrogens is 192 g/mol. The van der Waals surface area contributed by atoms with Gasteiger partial charge in [0.1, 0.15) is 0 Å². The maximum absolute atomic E-state index is 5.55. The fraction of sp³-hybridized carbons (Fsp3) is 0.545. The summed E-state index contributed by atoms with van der Waals surface area (Å²) in [4.78, 5) is 4.21. The van der Waals surface area contributed by atoms with Crippen molar-refractivity contribution in [2.24, 2.45) is 0 Å². The molecule has 1 aromatic heterocycles. The van der Waals surface area contributed by atoms with Crippen molar-refractivity contribution in [1.82, 2.24) is 4.98 Å². The summed E-state index contributed by atoms with van der Waals surface area (Å²) in [6.45, 7) is 3.09. The van der Waals surface area contributed by atoms with Crippen molar-refractivity contribution >= 4 is 5.69 Å². The molecule has 4 heteroatoms. The molecule has 0 radical (unpaired) electrons. The first-order valence-electron chi connectivity index (χ1n) is 4.99. The van der Waals surface area contributed by atoms with Crippen LogP contribution in [0.2, 0.25) is 0 Å². The normalized spacial score (nSPS) is 12.5. The molecule has 0 aliphatic carbocycles. The van der Waals surface area contributed by atoms with E-state index in [4.69, 9.17) is 9.47 Å². The zero-order valence-electron chi connectivity index (χ0n) is 9.49. The number of aromatic nitrogens is 1. The standard InChI is InChI=1S/C11H18N2O2/c1-9(7-14-3)15-8-11-6-10(12-2)4-5-13-11/h4-6,9H,7-8H2,1-3H3,(H,12,13). The molecule has 0 bridgehead atoms. The summed E-state index contributed by atoms with van der Waals surface area (Å²) >= 11 is 0. The van der Waals surface area contributed by atoms with Crippen LogP contribution < -0.4 is 5.32 Å². The van der Waals surface area contributed by atoms with Crippen LogP contribution in [-0.2, 0) is 16.1 Å². The Morgan fingerprint density at radius 3 is 3.00 bits per heavy atom. The molecule has 1 N–H and O–H groups in total. The lowest BCUT2D eigenvalue weighted by Gasteiger charge is -2.11. The Morgan fingerprint density at radius 1 is 1.53 bits per heavy atom. The van der Waals surface area contributed by atoms with Gasteiger partial charge in [-0.1, -0.05) is 0 Å². The van der Waals surface area contributed by atoms with Crippen LogP contribution in [0.15, 0.2) is 18.3 Å². The Kier molecular flexibility index (Phi) is 5.07. The van der Waals surface area contributed by atoms with Crippen molar-refractivity contribution in [2.45, 2.75) is 19.6 Å². The summed E-state index contributed by atoms with van der Waals surface area (Å²) in [5, 5.41) is 3.06. The fourth-order valence-corrected chi connectivity index (χ4v) is 1.22. The number of hydrogen-bond donors (Lipinski definition) is 1. The van der Waals surface area contributed by atoms with Gasteiger partial charge in [-0.2, -0.15) is 0 Å². The molecule has 1 unspecified atom stereocenters. The van der Waals surface area contributed by atoms with E-state index in [0.29, 0.717) is 13.2 Å². The van der Waals surface area contributed by atoms with Gasteiger partial charge >= 0.3 is 0 Å². The monoisotopic (exact) mass is 210 g/mol. The van der Waals surface area contributed by atoms with Crippen LogP contribution in [0.25, 0.3) is 0 Å². The zero-order valence-corrected chi connectivity index (χ0v) is 9.49. The van der Waals surface area contributed by atoms with Crippen molar-refractivity contribution < 1.29 is 9.47 Å². The predicted octanol–water partition coefficient (Wildman–Crippen LogP) is 1.67. The Hall–Kier alpha value is -1.13. The minimum absolute atomic E-state index is 0.0926. The highest BCUT2D eigenvalue weighted by atomic mass is 16.5. The van der Waals surface area contributed by atoms with E-state index < -0.39 is 0 Å². The first-order valence-corrected chi connectivity index (χ1v) is 4.99. The van der Waals surface area contributed by atoms with Crippen molar-refractivity contribution in [2.75, 3.05) is 26.1 Å². The van der Waals surface area contributed by atoms with Crippen LogP contribution in [0.1, 0.15) is 12.6 Å². The Bertz CT molecular complexity index is 292. The second-order valence-electron chi connectivity index (χ2n) is 3.36. The molecule has 0 saturated heterocycles. The second-order valence-corrected chi connectivity index (χ2v) is 3.36. The van der Waals surface area contributed by atoms with Crippen LogP contribution in [-0.4, -0.2) is 31.9 Å². The Balaban J connectivity index is 2.43. The molecule has 0 aliphatic rings. The first kappa shape index (κ1) is 11.9. The van der Waals surface area contributed by atoms with E-state index in [2.05, 4.69) is 10.3 Å². The third-order valence-corrected chi connectivity index (χ3v) is 2.02. The molecule has 15 heavy (non-hydrogen) atoms. The van der Waals surface area contributed by atoms with E-state index in [1.54, 1.807) is 13.3 Å². The summed E-state index contributed by atoms with van der Waals surface area (Å²) in [5.74, 6) is 0. The third kappa shape index (κ3) is 4.27. The largest absolute Gasteiger partial charge is 0.388 e. The van der Waals surface area contributed by atoms with E-state index in [0.717, 1.165) is 11.4 Å². The summed E-state index contributed by atoms with van der Waals surface area (Å²) in [7, 11) is 3.55. The third-order valence-electron chi connectivity index (χ3n) is 2.02. The number of anilines is 1. The van der Waals surface area contributed by atoms with Crippen molar-refractivity contribution in [3.63, 3.8) is 0 Å². The lowest BCUT2D eigenvalue weighted by molar-refractivity contribution is -0.00134. The average Bonchev–Trinajstić information content (AvgIpc) is 2.27. The first-order chi connectivity index (χ1) is 7.26. The number of hydrogen-bond acceptors (Lipinski definition) is 4. The molecule has 1 rings (SSSR count). The highest BCUT2D eigenvalue weighted by Crippen LogP contribution is 2.08. The molecular formula is C11H18N2O2. The molecule has 1 heterocycles. The molecule has 0 amide bonds. The van der Waals surface area contributed by atoms with Gasteiger partial charge in [0.25, 0.3) is 0 Å². The smallest absolute Gasteiger partial charge is 0.0893 e. The molecule has 0 fully saturated rings. The van der Waals surface area contributed by atoms with Crippen LogP contribution in [0.3, 0.4) is 0 Å². The molecule has 1 aromatic rings. The molecule has 84 valence electrons. The van der Waals surface area contributed by atoms with Gasteiger partial charge in [-0.3, -0.25) is 4.98 Å². The van der Waals surface area contributed by atoms with Gasteiger partial charge in [0, 0.05) is 26.0 Å². The van der Waals surface area contributed by atoms with Gasteiger partial charge in [0.15, 0.2) is 0 Å². The number of pyridine rings is 1. The zero-order chi connectivity index (χ0) is 11.1. The highest BCUT2D eigenvalue weighted by Gasteiger charge is 2.02. The second kappa shape index (κ2) is 6.37. The lowest BCUT2D eigenvalue weighted by Crippen LogP contribution is -2.14. The van der Waals surface area contributed by atoms with Crippen molar-refractivity contribution in [3.05, 3.63) is 24.0 Å². The highest BCUT2D eigenvalue weighted by molar-refractivity contribution is 5.42. The van der Waals surface area contributed by atoms with Crippen LogP contribution in [0, 0.1) is 0 Å². The van der Waals surface area contributed by atoms with Gasteiger partial charge in [0.2, 0.25) is 0 Å². The van der Waals surface area contributed by atoms with Gasteiger partial charge < -0.3 is 14.8 Å². The van der Waals surface area contributed by atoms with Crippen LogP contribution in [0.5, 0.6) is 0 Å². The average molecular weight is 210 g/mol. The fourth-order valence-electron chi connectivity index (χ4n) is 1.22. The maximum atomic E-state index is 5.55. The minimum atomic E-state index is 0.0926. The quantitative estimate of drug-likeness (QED) is 0.775. The van der Waals surface area contributed by atoms with Crippen molar-refractivity contribution in [1.29, 1.82) is 0 Å². The number of nitrogens with one attached hydrogen (secondary N) is 1. The van der Waals surface area contributed by atoms with Crippen LogP contribution in [0.4, 0.5) is 5.69 Å². The number of rotatable bonds is 6. The number of nitrogens with zero attached hydrogens (tertiary/aromatic N) is 1. The number of ether oxygens (including phenoxy) is 2. The van der Waals surface area contributed by atoms with Gasteiger partial charge in [-0.15, -0.1) is 0 Å². The van der Waals surface area contributed by atoms with E-state index in [1.807, 2.05) is 26.1 Å². The number of methoxy groups -OCH3 is 1. The van der Waals surface area contributed by atoms with Gasteiger partial charge in [-0.05, 0) is 19.1 Å². The van der Waals surface area contributed by atoms with Gasteiger partial charge in [-0.25, -0.2) is 0 Å². The molecule has 4 nitrogen and oxygen atoms in total. The van der Waals surface area contributed by atoms with E-state index in [-0.39, 0.29) is 6.10 Å².